The van der Waals surface area contributed by atoms with Crippen LogP contribution in [0.3, 0.4) is 0 Å². The van der Waals surface area contributed by atoms with Gasteiger partial charge in [0.2, 0.25) is 0 Å². The lowest BCUT2D eigenvalue weighted by atomic mass is 9.91. The summed E-state index contributed by atoms with van der Waals surface area (Å²) in [5.74, 6) is 0. The van der Waals surface area contributed by atoms with Crippen LogP contribution in [0.2, 0.25) is 0 Å². The summed E-state index contributed by atoms with van der Waals surface area (Å²) in [7, 11) is 0. The standard InChI is InChI=1S/C24H14/c1-2-6-16-14-22-20(11-15(16)5-1)13-19-10-9-18-12-17-7-3-4-8-21(17)24(22)23(18)19/h1-14H. The summed E-state index contributed by atoms with van der Waals surface area (Å²) in [6, 6.07) is 26.7. The van der Waals surface area contributed by atoms with Gasteiger partial charge in [0.1, 0.15) is 0 Å². The zero-order valence-electron chi connectivity index (χ0n) is 13.1. The lowest BCUT2D eigenvalue weighted by Crippen LogP contribution is -1.86. The Kier molecular flexibility index (Phi) is 2.18. The Hall–Kier alpha value is -3.12. The van der Waals surface area contributed by atoms with E-state index in [0.29, 0.717) is 0 Å². The molecule has 0 radical (unpaired) electrons. The highest BCUT2D eigenvalue weighted by atomic mass is 14.2. The number of hydrogen-bond donors (Lipinski definition) is 0. The van der Waals surface area contributed by atoms with E-state index in [-0.39, 0.29) is 0 Å². The maximum Gasteiger partial charge on any atom is -0.00145 e. The largest absolute Gasteiger partial charge is 0.0616 e. The highest BCUT2D eigenvalue weighted by Crippen LogP contribution is 2.41. The first kappa shape index (κ1) is 12.3. The van der Waals surface area contributed by atoms with Gasteiger partial charge < -0.3 is 0 Å². The average Bonchev–Trinajstić information content (AvgIpc) is 3.03. The van der Waals surface area contributed by atoms with Gasteiger partial charge in [0.05, 0.1) is 0 Å². The highest BCUT2D eigenvalue weighted by molar-refractivity contribution is 6.27. The Balaban J connectivity index is 1.98. The molecule has 0 amide bonds. The molecule has 5 aromatic carbocycles. The first-order chi connectivity index (χ1) is 11.9. The van der Waals surface area contributed by atoms with Gasteiger partial charge in [-0.15, -0.1) is 0 Å². The minimum absolute atomic E-state index is 1.30. The van der Waals surface area contributed by atoms with Gasteiger partial charge >= 0.3 is 0 Å². The predicted molar refractivity (Wildman–Crippen MR) is 105 cm³/mol. The third-order valence-corrected chi connectivity index (χ3v) is 5.31. The minimum atomic E-state index is 1.30. The maximum absolute atomic E-state index is 2.36. The Bertz CT molecular complexity index is 1340. The summed E-state index contributed by atoms with van der Waals surface area (Å²) in [6.07, 6.45) is 4.51. The monoisotopic (exact) mass is 302 g/mol. The second-order valence-corrected chi connectivity index (χ2v) is 6.66. The molecule has 0 spiro atoms. The molecule has 0 saturated carbocycles. The molecule has 1 aliphatic carbocycles. The van der Waals surface area contributed by atoms with Crippen molar-refractivity contribution in [1.82, 2.24) is 0 Å². The third kappa shape index (κ3) is 1.48. The molecule has 0 unspecified atom stereocenters. The summed E-state index contributed by atoms with van der Waals surface area (Å²) in [5.41, 5.74) is 2.68. The Morgan fingerprint density at radius 1 is 0.417 bits per heavy atom. The molecule has 0 heterocycles. The summed E-state index contributed by atoms with van der Waals surface area (Å²) < 4.78 is 0. The molecule has 0 aliphatic heterocycles. The zero-order valence-corrected chi connectivity index (χ0v) is 13.1. The second-order valence-electron chi connectivity index (χ2n) is 6.66. The summed E-state index contributed by atoms with van der Waals surface area (Å²) in [5, 5.41) is 10.8. The summed E-state index contributed by atoms with van der Waals surface area (Å²) in [4.78, 5) is 0. The average molecular weight is 302 g/mol. The zero-order chi connectivity index (χ0) is 15.7. The molecule has 0 N–H and O–H groups in total. The van der Waals surface area contributed by atoms with Crippen LogP contribution in [0.5, 0.6) is 0 Å². The van der Waals surface area contributed by atoms with Crippen LogP contribution in [-0.4, -0.2) is 0 Å². The Labute approximate surface area is 139 Å². The fourth-order valence-electron chi connectivity index (χ4n) is 4.24. The van der Waals surface area contributed by atoms with Crippen molar-refractivity contribution in [3.8, 4) is 0 Å². The summed E-state index contributed by atoms with van der Waals surface area (Å²) >= 11 is 0. The van der Waals surface area contributed by atoms with Crippen LogP contribution >= 0.6 is 0 Å². The number of benzene rings is 5. The molecular formula is C24H14. The Morgan fingerprint density at radius 3 is 1.83 bits per heavy atom. The van der Waals surface area contributed by atoms with E-state index >= 15 is 0 Å². The quantitative estimate of drug-likeness (QED) is 0.214. The number of rotatable bonds is 0. The Morgan fingerprint density at radius 2 is 1.04 bits per heavy atom. The van der Waals surface area contributed by atoms with Gasteiger partial charge in [0, 0.05) is 0 Å². The molecule has 110 valence electrons. The first-order valence-corrected chi connectivity index (χ1v) is 8.37. The van der Waals surface area contributed by atoms with Gasteiger partial charge in [-0.25, -0.2) is 0 Å². The highest BCUT2D eigenvalue weighted by Gasteiger charge is 2.15. The van der Waals surface area contributed by atoms with Crippen LogP contribution in [0.15, 0.2) is 72.8 Å². The van der Waals surface area contributed by atoms with Gasteiger partial charge in [0.25, 0.3) is 0 Å². The fourth-order valence-corrected chi connectivity index (χ4v) is 4.24. The van der Waals surface area contributed by atoms with Crippen molar-refractivity contribution in [2.45, 2.75) is 0 Å². The molecule has 6 rings (SSSR count). The maximum atomic E-state index is 2.36. The van der Waals surface area contributed by atoms with Crippen LogP contribution in [0, 0.1) is 0 Å². The van der Waals surface area contributed by atoms with Crippen LogP contribution < -0.4 is 0 Å². The van der Waals surface area contributed by atoms with Gasteiger partial charge in [-0.3, -0.25) is 0 Å². The molecule has 0 saturated heterocycles. The predicted octanol–water partition coefficient (Wildman–Crippen LogP) is 6.78. The molecule has 0 bridgehead atoms. The van der Waals surface area contributed by atoms with Crippen LogP contribution in [-0.2, 0) is 0 Å². The van der Waals surface area contributed by atoms with Crippen molar-refractivity contribution in [2.75, 3.05) is 0 Å². The van der Waals surface area contributed by atoms with Gasteiger partial charge in [-0.1, -0.05) is 60.7 Å². The second kappa shape index (κ2) is 4.24. The van der Waals surface area contributed by atoms with Gasteiger partial charge in [0.15, 0.2) is 0 Å². The van der Waals surface area contributed by atoms with Crippen molar-refractivity contribution < 1.29 is 0 Å². The lowest BCUT2D eigenvalue weighted by Gasteiger charge is -2.12. The van der Waals surface area contributed by atoms with Gasteiger partial charge in [-0.05, 0) is 78.5 Å². The van der Waals surface area contributed by atoms with E-state index in [4.69, 9.17) is 0 Å². The van der Waals surface area contributed by atoms with E-state index in [0.717, 1.165) is 0 Å². The molecule has 0 atom stereocenters. The van der Waals surface area contributed by atoms with Crippen molar-refractivity contribution in [3.63, 3.8) is 0 Å². The molecule has 0 nitrogen and oxygen atoms in total. The number of fused-ring (bicyclic) bond motifs is 5. The molecule has 5 aromatic rings. The van der Waals surface area contributed by atoms with Crippen molar-refractivity contribution in [2.24, 2.45) is 0 Å². The van der Waals surface area contributed by atoms with E-state index < -0.39 is 0 Å². The van der Waals surface area contributed by atoms with E-state index in [2.05, 4.69) is 84.9 Å². The third-order valence-electron chi connectivity index (χ3n) is 5.31. The topological polar surface area (TPSA) is 0 Å². The fraction of sp³-hybridized carbons (Fsp3) is 0. The van der Waals surface area contributed by atoms with Crippen molar-refractivity contribution in [1.29, 1.82) is 0 Å². The van der Waals surface area contributed by atoms with Crippen LogP contribution in [0.4, 0.5) is 0 Å². The van der Waals surface area contributed by atoms with Crippen molar-refractivity contribution >= 4 is 55.2 Å². The minimum Gasteiger partial charge on any atom is -0.0616 e. The van der Waals surface area contributed by atoms with Gasteiger partial charge in [-0.2, -0.15) is 0 Å². The molecule has 24 heavy (non-hydrogen) atoms. The van der Waals surface area contributed by atoms with Crippen molar-refractivity contribution in [3.05, 3.63) is 83.9 Å². The molecule has 0 fully saturated rings. The SMILES string of the molecule is C1=Cc2cc3cc4ccccc4cc3c3c2c1cc1ccccc13. The molecule has 0 heteroatoms. The molecular weight excluding hydrogens is 288 g/mol. The smallest absolute Gasteiger partial charge is 0.00145 e. The molecule has 1 aliphatic rings. The van der Waals surface area contributed by atoms with Crippen LogP contribution in [0.1, 0.15) is 11.1 Å². The van der Waals surface area contributed by atoms with E-state index in [1.165, 1.54) is 54.2 Å². The van der Waals surface area contributed by atoms with E-state index in [1.807, 2.05) is 0 Å². The first-order valence-electron chi connectivity index (χ1n) is 8.37. The number of hydrogen-bond acceptors (Lipinski definition) is 0. The van der Waals surface area contributed by atoms with Crippen LogP contribution in [0.25, 0.3) is 55.2 Å². The summed E-state index contributed by atoms with van der Waals surface area (Å²) in [6.45, 7) is 0. The normalized spacial score (nSPS) is 12.8. The van der Waals surface area contributed by atoms with E-state index in [9.17, 15) is 0 Å². The lowest BCUT2D eigenvalue weighted by molar-refractivity contribution is 1.76. The molecule has 0 aromatic heterocycles. The van der Waals surface area contributed by atoms with E-state index in [1.54, 1.807) is 0 Å².